The van der Waals surface area contributed by atoms with Gasteiger partial charge in [0.05, 0.1) is 0 Å². The van der Waals surface area contributed by atoms with Gasteiger partial charge in [0.15, 0.2) is 3.92 Å². The van der Waals surface area contributed by atoms with Gasteiger partial charge in [-0.05, 0) is 29.8 Å². The zero-order valence-corrected chi connectivity index (χ0v) is 11.4. The highest BCUT2D eigenvalue weighted by atomic mass is 79.9. The lowest BCUT2D eigenvalue weighted by Crippen LogP contribution is -2.48. The number of halogens is 1. The first-order valence-corrected chi connectivity index (χ1v) is 6.76. The molecule has 0 radical (unpaired) electrons. The average Bonchev–Trinajstić information content (AvgIpc) is 2.65. The SMILES string of the molecule is CC(C)N1CCN(c2nnc(Br)s2)CC1. The molecule has 1 aliphatic rings. The summed E-state index contributed by atoms with van der Waals surface area (Å²) in [5, 5.41) is 9.15. The summed E-state index contributed by atoms with van der Waals surface area (Å²) in [4.78, 5) is 4.80. The van der Waals surface area contributed by atoms with Crippen molar-refractivity contribution in [3.05, 3.63) is 3.92 Å². The van der Waals surface area contributed by atoms with Crippen LogP contribution in [-0.2, 0) is 0 Å². The molecule has 1 aromatic heterocycles. The van der Waals surface area contributed by atoms with Crippen molar-refractivity contribution in [1.82, 2.24) is 15.1 Å². The third-order valence-electron chi connectivity index (χ3n) is 2.70. The molecule has 0 aliphatic carbocycles. The predicted molar refractivity (Wildman–Crippen MR) is 66.5 cm³/mol. The Balaban J connectivity index is 1.93. The Morgan fingerprint density at radius 3 is 2.33 bits per heavy atom. The van der Waals surface area contributed by atoms with Crippen LogP contribution in [0.15, 0.2) is 3.92 Å². The van der Waals surface area contributed by atoms with E-state index in [0.29, 0.717) is 6.04 Å². The molecule has 1 aromatic rings. The van der Waals surface area contributed by atoms with Gasteiger partial charge in [-0.2, -0.15) is 0 Å². The molecule has 6 heteroatoms. The highest BCUT2D eigenvalue weighted by Crippen LogP contribution is 2.25. The molecule has 2 rings (SSSR count). The van der Waals surface area contributed by atoms with Gasteiger partial charge in [0, 0.05) is 32.2 Å². The van der Waals surface area contributed by atoms with Gasteiger partial charge in [-0.15, -0.1) is 10.2 Å². The lowest BCUT2D eigenvalue weighted by molar-refractivity contribution is 0.209. The van der Waals surface area contributed by atoms with Crippen LogP contribution in [0, 0.1) is 0 Å². The Bertz CT molecular complexity index is 320. The van der Waals surface area contributed by atoms with Crippen molar-refractivity contribution in [3.63, 3.8) is 0 Å². The summed E-state index contributed by atoms with van der Waals surface area (Å²) in [7, 11) is 0. The minimum absolute atomic E-state index is 0.647. The van der Waals surface area contributed by atoms with E-state index in [1.165, 1.54) is 0 Å². The molecule has 0 unspecified atom stereocenters. The van der Waals surface area contributed by atoms with Crippen molar-refractivity contribution in [2.24, 2.45) is 0 Å². The second-order valence-electron chi connectivity index (χ2n) is 3.95. The Labute approximate surface area is 102 Å². The minimum Gasteiger partial charge on any atom is -0.344 e. The van der Waals surface area contributed by atoms with E-state index in [4.69, 9.17) is 0 Å². The van der Waals surface area contributed by atoms with Crippen molar-refractivity contribution in [2.45, 2.75) is 19.9 Å². The third kappa shape index (κ3) is 2.68. The van der Waals surface area contributed by atoms with Crippen LogP contribution in [0.25, 0.3) is 0 Å². The maximum absolute atomic E-state index is 4.14. The second kappa shape index (κ2) is 4.76. The van der Waals surface area contributed by atoms with Gasteiger partial charge in [-0.3, -0.25) is 4.90 Å². The summed E-state index contributed by atoms with van der Waals surface area (Å²) in [6, 6.07) is 0.647. The molecule has 0 atom stereocenters. The fourth-order valence-corrected chi connectivity index (χ4v) is 2.89. The van der Waals surface area contributed by atoms with Crippen LogP contribution in [0.2, 0.25) is 0 Å². The van der Waals surface area contributed by atoms with Crippen LogP contribution in [0.5, 0.6) is 0 Å². The lowest BCUT2D eigenvalue weighted by atomic mass is 10.2. The van der Waals surface area contributed by atoms with E-state index in [9.17, 15) is 0 Å². The quantitative estimate of drug-likeness (QED) is 0.832. The zero-order valence-electron chi connectivity index (χ0n) is 8.98. The van der Waals surface area contributed by atoms with Crippen LogP contribution < -0.4 is 4.90 Å². The Morgan fingerprint density at radius 2 is 1.87 bits per heavy atom. The summed E-state index contributed by atoms with van der Waals surface area (Å²) < 4.78 is 0.865. The maximum atomic E-state index is 4.14. The van der Waals surface area contributed by atoms with Crippen molar-refractivity contribution in [1.29, 1.82) is 0 Å². The molecule has 84 valence electrons. The largest absolute Gasteiger partial charge is 0.344 e. The molecule has 4 nitrogen and oxygen atoms in total. The molecular weight excluding hydrogens is 276 g/mol. The summed E-state index contributed by atoms with van der Waals surface area (Å²) in [5.74, 6) is 0. The Hall–Kier alpha value is -0.200. The van der Waals surface area contributed by atoms with Gasteiger partial charge in [-0.1, -0.05) is 11.3 Å². The van der Waals surface area contributed by atoms with Gasteiger partial charge in [0.25, 0.3) is 0 Å². The predicted octanol–water partition coefficient (Wildman–Crippen LogP) is 1.83. The normalized spacial score (nSPS) is 18.8. The molecular formula is C9H15BrN4S. The minimum atomic E-state index is 0.647. The van der Waals surface area contributed by atoms with Gasteiger partial charge in [-0.25, -0.2) is 0 Å². The first-order chi connectivity index (χ1) is 7.16. The molecule has 1 saturated heterocycles. The summed E-state index contributed by atoms with van der Waals surface area (Å²) in [6.45, 7) is 8.84. The summed E-state index contributed by atoms with van der Waals surface area (Å²) >= 11 is 4.95. The van der Waals surface area contributed by atoms with E-state index < -0.39 is 0 Å². The van der Waals surface area contributed by atoms with E-state index >= 15 is 0 Å². The highest BCUT2D eigenvalue weighted by Gasteiger charge is 2.20. The number of anilines is 1. The molecule has 1 aliphatic heterocycles. The first-order valence-electron chi connectivity index (χ1n) is 5.15. The molecule has 0 saturated carbocycles. The molecule has 15 heavy (non-hydrogen) atoms. The van der Waals surface area contributed by atoms with Gasteiger partial charge in [0.1, 0.15) is 0 Å². The average molecular weight is 291 g/mol. The molecule has 0 bridgehead atoms. The van der Waals surface area contributed by atoms with E-state index in [1.807, 2.05) is 0 Å². The number of hydrogen-bond donors (Lipinski definition) is 0. The fraction of sp³-hybridized carbons (Fsp3) is 0.778. The van der Waals surface area contributed by atoms with Crippen LogP contribution >= 0.6 is 27.3 Å². The monoisotopic (exact) mass is 290 g/mol. The van der Waals surface area contributed by atoms with Crippen molar-refractivity contribution < 1.29 is 0 Å². The third-order valence-corrected chi connectivity index (χ3v) is 4.12. The summed E-state index contributed by atoms with van der Waals surface area (Å²) in [6.07, 6.45) is 0. The molecule has 0 N–H and O–H groups in total. The number of piperazine rings is 1. The van der Waals surface area contributed by atoms with Gasteiger partial charge >= 0.3 is 0 Å². The smallest absolute Gasteiger partial charge is 0.209 e. The molecule has 2 heterocycles. The number of rotatable bonds is 2. The first kappa shape index (κ1) is 11.3. The van der Waals surface area contributed by atoms with E-state index in [1.54, 1.807) is 11.3 Å². The number of nitrogens with zero attached hydrogens (tertiary/aromatic N) is 4. The maximum Gasteiger partial charge on any atom is 0.209 e. The topological polar surface area (TPSA) is 32.3 Å². The van der Waals surface area contributed by atoms with Crippen molar-refractivity contribution in [2.75, 3.05) is 31.1 Å². The highest BCUT2D eigenvalue weighted by molar-refractivity contribution is 9.11. The number of hydrogen-bond acceptors (Lipinski definition) is 5. The zero-order chi connectivity index (χ0) is 10.8. The molecule has 0 amide bonds. The lowest BCUT2D eigenvalue weighted by Gasteiger charge is -2.36. The Morgan fingerprint density at radius 1 is 1.20 bits per heavy atom. The van der Waals surface area contributed by atoms with Gasteiger partial charge < -0.3 is 4.90 Å². The van der Waals surface area contributed by atoms with Crippen molar-refractivity contribution in [3.8, 4) is 0 Å². The molecule has 1 fully saturated rings. The molecule has 0 spiro atoms. The van der Waals surface area contributed by atoms with E-state index in [0.717, 1.165) is 35.2 Å². The van der Waals surface area contributed by atoms with Crippen LogP contribution in [0.3, 0.4) is 0 Å². The van der Waals surface area contributed by atoms with Crippen LogP contribution in [0.1, 0.15) is 13.8 Å². The molecule has 0 aromatic carbocycles. The van der Waals surface area contributed by atoms with E-state index in [-0.39, 0.29) is 0 Å². The standard InChI is InChI=1S/C9H15BrN4S/c1-7(2)13-3-5-14(6-4-13)9-12-11-8(10)15-9/h7H,3-6H2,1-2H3. The van der Waals surface area contributed by atoms with Crippen molar-refractivity contribution >= 4 is 32.4 Å². The van der Waals surface area contributed by atoms with Gasteiger partial charge in [0.2, 0.25) is 5.13 Å². The van der Waals surface area contributed by atoms with E-state index in [2.05, 4.69) is 49.8 Å². The van der Waals surface area contributed by atoms with Crippen LogP contribution in [0.4, 0.5) is 5.13 Å². The van der Waals surface area contributed by atoms with Crippen LogP contribution in [-0.4, -0.2) is 47.3 Å². The Kier molecular flexibility index (Phi) is 3.58. The second-order valence-corrected chi connectivity index (χ2v) is 6.19. The fourth-order valence-electron chi connectivity index (χ4n) is 1.76. The summed E-state index contributed by atoms with van der Waals surface area (Å²) in [5.41, 5.74) is 0. The number of aromatic nitrogens is 2.